The van der Waals surface area contributed by atoms with Gasteiger partial charge in [-0.3, -0.25) is 13.9 Å². The minimum absolute atomic E-state index is 0.146. The van der Waals surface area contributed by atoms with Crippen LogP contribution in [0, 0.1) is 0 Å². The second-order valence-corrected chi connectivity index (χ2v) is 5.05. The zero-order valence-electron chi connectivity index (χ0n) is 12.6. The number of imidazole rings is 2. The summed E-state index contributed by atoms with van der Waals surface area (Å²) < 4.78 is 137. The topological polar surface area (TPSA) is 44.9 Å². The second-order valence-electron chi connectivity index (χ2n) is 5.05. The van der Waals surface area contributed by atoms with Crippen LogP contribution >= 0.6 is 0 Å². The molecule has 0 aromatic carbocycles. The van der Waals surface area contributed by atoms with Crippen LogP contribution in [0.2, 0.25) is 0 Å². The van der Waals surface area contributed by atoms with Crippen LogP contribution in [-0.2, 0) is 16.8 Å². The van der Waals surface area contributed by atoms with Crippen LogP contribution in [0.3, 0.4) is 0 Å². The van der Waals surface area contributed by atoms with Gasteiger partial charge in [-0.15, -0.1) is 0 Å². The molecule has 152 valence electrons. The molecule has 0 amide bonds. The summed E-state index contributed by atoms with van der Waals surface area (Å²) in [4.78, 5) is 6.07. The quantitative estimate of drug-likeness (QED) is 0.619. The van der Waals surface area contributed by atoms with E-state index in [4.69, 9.17) is 0 Å². The van der Waals surface area contributed by atoms with Crippen molar-refractivity contribution in [1.82, 2.24) is 19.1 Å². The maximum atomic E-state index is 13.6. The number of rotatable bonds is 8. The van der Waals surface area contributed by atoms with Crippen molar-refractivity contribution in [2.75, 3.05) is 0 Å². The van der Waals surface area contributed by atoms with Gasteiger partial charge in [0.15, 0.2) is 0 Å². The summed E-state index contributed by atoms with van der Waals surface area (Å²) in [7, 11) is 0. The summed E-state index contributed by atoms with van der Waals surface area (Å²) in [6.07, 6.45) is -13.5. The number of hydrogen-bond donors (Lipinski definition) is 0. The van der Waals surface area contributed by atoms with E-state index >= 15 is 0 Å². The minimum atomic E-state index is -6.41. The summed E-state index contributed by atoms with van der Waals surface area (Å²) >= 11 is 0. The smallest absolute Gasteiger partial charge is 0.275 e. The number of halogens is 10. The molecule has 2 atom stereocenters. The molecule has 2 heterocycles. The molecule has 0 aliphatic rings. The van der Waals surface area contributed by atoms with Gasteiger partial charge in [-0.1, -0.05) is 0 Å². The van der Waals surface area contributed by atoms with E-state index in [9.17, 15) is 43.9 Å². The molecule has 0 radical (unpaired) electrons. The van der Waals surface area contributed by atoms with E-state index in [2.05, 4.69) is 14.7 Å². The van der Waals surface area contributed by atoms with Gasteiger partial charge in [0.05, 0.1) is 12.7 Å². The van der Waals surface area contributed by atoms with Gasteiger partial charge >= 0.3 is 24.1 Å². The molecule has 27 heavy (non-hydrogen) atoms. The van der Waals surface area contributed by atoms with Gasteiger partial charge < -0.3 is 0 Å². The average molecular weight is 414 g/mol. The molecule has 0 aliphatic carbocycles. The maximum Gasteiger partial charge on any atom is 0.425 e. The fourth-order valence-corrected chi connectivity index (χ4v) is 1.76. The zero-order chi connectivity index (χ0) is 20.7. The molecule has 0 aliphatic heterocycles. The highest BCUT2D eigenvalue weighted by atomic mass is 19.3. The third-order valence-corrected chi connectivity index (χ3v) is 3.23. The first kappa shape index (κ1) is 21.0. The van der Waals surface area contributed by atoms with Crippen LogP contribution in [-0.4, -0.2) is 43.7 Å². The molecule has 2 aromatic heterocycles. The Morgan fingerprint density at radius 1 is 0.741 bits per heavy atom. The van der Waals surface area contributed by atoms with E-state index < -0.39 is 45.8 Å². The van der Waals surface area contributed by atoms with Gasteiger partial charge in [-0.2, -0.15) is 35.1 Å². The van der Waals surface area contributed by atoms with Crippen molar-refractivity contribution in [3.63, 3.8) is 0 Å². The van der Waals surface area contributed by atoms with Crippen molar-refractivity contribution in [2.24, 2.45) is 0 Å². The van der Waals surface area contributed by atoms with Crippen LogP contribution in [0.15, 0.2) is 37.4 Å². The zero-order valence-corrected chi connectivity index (χ0v) is 12.6. The first-order valence-electron chi connectivity index (χ1n) is 6.68. The Balaban J connectivity index is 2.25. The van der Waals surface area contributed by atoms with Crippen molar-refractivity contribution in [3.05, 3.63) is 37.4 Å². The number of nitrogens with zero attached hydrogens (tertiary/aromatic N) is 4. The van der Waals surface area contributed by atoms with Gasteiger partial charge in [0.2, 0.25) is 0 Å². The number of alkyl halides is 10. The summed E-state index contributed by atoms with van der Waals surface area (Å²) in [5.41, 5.74) is 0. The van der Waals surface area contributed by atoms with Crippen molar-refractivity contribution < 1.29 is 48.6 Å². The molecule has 5 nitrogen and oxygen atoms in total. The number of ether oxygens (including phenoxy) is 1. The minimum Gasteiger partial charge on any atom is -0.275 e. The second kappa shape index (κ2) is 6.69. The highest BCUT2D eigenvalue weighted by molar-refractivity contribution is 4.95. The molecule has 15 heteroatoms. The Hall–Kier alpha value is -2.32. The predicted molar refractivity (Wildman–Crippen MR) is 65.6 cm³/mol. The van der Waals surface area contributed by atoms with Gasteiger partial charge in [0.25, 0.3) is 12.5 Å². The fourth-order valence-electron chi connectivity index (χ4n) is 1.76. The molecular weight excluding hydrogens is 406 g/mol. The molecule has 2 unspecified atom stereocenters. The molecule has 0 saturated carbocycles. The fraction of sp³-hybridized carbons (Fsp3) is 0.500. The summed E-state index contributed by atoms with van der Waals surface area (Å²) in [5, 5.41) is 0. The lowest BCUT2D eigenvalue weighted by molar-refractivity contribution is -0.427. The Kier molecular flexibility index (Phi) is 5.20. The van der Waals surface area contributed by atoms with Crippen LogP contribution < -0.4 is 0 Å². The van der Waals surface area contributed by atoms with Crippen molar-refractivity contribution in [1.29, 1.82) is 0 Å². The molecule has 0 N–H and O–H groups in total. The van der Waals surface area contributed by atoms with Crippen LogP contribution in [0.5, 0.6) is 0 Å². The van der Waals surface area contributed by atoms with Crippen molar-refractivity contribution >= 4 is 0 Å². The van der Waals surface area contributed by atoms with Crippen LogP contribution in [0.4, 0.5) is 43.9 Å². The van der Waals surface area contributed by atoms with E-state index in [1.165, 1.54) is 0 Å². The van der Waals surface area contributed by atoms with Crippen molar-refractivity contribution in [3.8, 4) is 0 Å². The van der Waals surface area contributed by atoms with E-state index in [1.807, 2.05) is 0 Å². The van der Waals surface area contributed by atoms with Gasteiger partial charge in [0, 0.05) is 24.8 Å². The van der Waals surface area contributed by atoms with Gasteiger partial charge in [-0.25, -0.2) is 18.7 Å². The third-order valence-electron chi connectivity index (χ3n) is 3.23. The summed E-state index contributed by atoms with van der Waals surface area (Å²) in [6, 6.07) is -10.3. The van der Waals surface area contributed by atoms with Gasteiger partial charge in [0.1, 0.15) is 0 Å². The lowest BCUT2D eigenvalue weighted by atomic mass is 10.1. The standard InChI is InChI=1S/C12H8F10N4O/c13-7(10(17,18)25-3-1-23-5-25)9(15,16)12(21,22)27-8(14)11(19,20)26-4-2-24-6-26/h1-8H. The summed E-state index contributed by atoms with van der Waals surface area (Å²) in [6.45, 7) is 0. The molecule has 0 saturated heterocycles. The monoisotopic (exact) mass is 414 g/mol. The average Bonchev–Trinajstić information content (AvgIpc) is 3.26. The molecular formula is C12H8F10N4O. The first-order chi connectivity index (χ1) is 12.2. The molecule has 0 bridgehead atoms. The largest absolute Gasteiger partial charge is 0.425 e. The van der Waals surface area contributed by atoms with Crippen LogP contribution in [0.25, 0.3) is 0 Å². The maximum absolute atomic E-state index is 13.6. The van der Waals surface area contributed by atoms with E-state index in [0.29, 0.717) is 18.6 Å². The third kappa shape index (κ3) is 3.59. The normalized spacial score (nSPS) is 16.4. The lowest BCUT2D eigenvalue weighted by Gasteiger charge is -2.34. The van der Waals surface area contributed by atoms with Crippen LogP contribution in [0.1, 0.15) is 0 Å². The SMILES string of the molecule is FC(OC(F)(F)C(F)(F)C(F)C(F)(F)n1ccnc1)C(F)(F)n1ccnc1. The predicted octanol–water partition coefficient (Wildman–Crippen LogP) is 3.76. The highest BCUT2D eigenvalue weighted by Crippen LogP contribution is 2.48. The number of aromatic nitrogens is 4. The number of hydrogen-bond acceptors (Lipinski definition) is 3. The molecule has 2 aromatic rings. The first-order valence-corrected chi connectivity index (χ1v) is 6.68. The summed E-state index contributed by atoms with van der Waals surface area (Å²) in [5.74, 6) is -6.41. The highest BCUT2D eigenvalue weighted by Gasteiger charge is 2.72. The molecule has 0 fully saturated rings. The lowest BCUT2D eigenvalue weighted by Crippen LogP contribution is -2.58. The Morgan fingerprint density at radius 3 is 1.59 bits per heavy atom. The molecule has 2 rings (SSSR count). The Labute approximate surface area is 143 Å². The molecule has 0 spiro atoms. The Bertz CT molecular complexity index is 733. The van der Waals surface area contributed by atoms with E-state index in [1.54, 1.807) is 0 Å². The van der Waals surface area contributed by atoms with Crippen molar-refractivity contribution in [2.45, 2.75) is 36.7 Å². The van der Waals surface area contributed by atoms with E-state index in [0.717, 1.165) is 0 Å². The van der Waals surface area contributed by atoms with E-state index in [-0.39, 0.29) is 18.9 Å². The van der Waals surface area contributed by atoms with Gasteiger partial charge in [-0.05, 0) is 0 Å². The Morgan fingerprint density at radius 2 is 1.19 bits per heavy atom.